The summed E-state index contributed by atoms with van der Waals surface area (Å²) in [5.74, 6) is 0.696. The first-order valence-corrected chi connectivity index (χ1v) is 12.3. The fourth-order valence-corrected chi connectivity index (χ4v) is 5.16. The number of piperidine rings is 1. The van der Waals surface area contributed by atoms with Gasteiger partial charge < -0.3 is 9.32 Å². The number of aromatic nitrogens is 1. The molecule has 3 aromatic rings. The first kappa shape index (κ1) is 21.6. The second-order valence-electron chi connectivity index (χ2n) is 9.32. The molecule has 0 N–H and O–H groups in total. The van der Waals surface area contributed by atoms with Gasteiger partial charge in [0.05, 0.1) is 4.90 Å². The molecule has 0 radical (unpaired) electrons. The maximum atomic E-state index is 13.5. The van der Waals surface area contributed by atoms with Gasteiger partial charge in [-0.2, -0.15) is 4.98 Å². The molecule has 0 unspecified atom stereocenters. The van der Waals surface area contributed by atoms with Crippen molar-refractivity contribution in [3.8, 4) is 11.5 Å². The first-order valence-electron chi connectivity index (χ1n) is 10.8. The highest BCUT2D eigenvalue weighted by molar-refractivity contribution is 7.91. The van der Waals surface area contributed by atoms with Crippen LogP contribution in [-0.2, 0) is 15.3 Å². The average molecular weight is 439 g/mol. The summed E-state index contributed by atoms with van der Waals surface area (Å²) in [7, 11) is -3.80. The molecule has 2 aromatic carbocycles. The number of rotatable bonds is 4. The molecule has 164 valence electrons. The SMILES string of the molecule is Cc1ccc(S(=O)(=O)c2nc(-c3ccc(C(C)(C)C)cc3)oc2N2CCCCC2)cc1. The molecule has 0 aliphatic carbocycles. The van der Waals surface area contributed by atoms with Gasteiger partial charge in [0.15, 0.2) is 0 Å². The number of nitrogens with zero attached hydrogens (tertiary/aromatic N) is 2. The summed E-state index contributed by atoms with van der Waals surface area (Å²) in [6, 6.07) is 14.9. The lowest BCUT2D eigenvalue weighted by atomic mass is 9.87. The van der Waals surface area contributed by atoms with Crippen molar-refractivity contribution in [2.24, 2.45) is 0 Å². The van der Waals surface area contributed by atoms with E-state index in [1.807, 2.05) is 36.1 Å². The summed E-state index contributed by atoms with van der Waals surface area (Å²) < 4.78 is 33.1. The van der Waals surface area contributed by atoms with Crippen LogP contribution in [0, 0.1) is 6.92 Å². The van der Waals surface area contributed by atoms with Crippen LogP contribution in [0.4, 0.5) is 5.88 Å². The monoisotopic (exact) mass is 438 g/mol. The molecule has 5 nitrogen and oxygen atoms in total. The Kier molecular flexibility index (Phi) is 5.69. The number of benzene rings is 2. The largest absolute Gasteiger partial charge is 0.419 e. The average Bonchev–Trinajstić information content (AvgIpc) is 3.21. The van der Waals surface area contributed by atoms with Crippen LogP contribution < -0.4 is 4.90 Å². The van der Waals surface area contributed by atoms with E-state index in [0.717, 1.165) is 43.5 Å². The van der Waals surface area contributed by atoms with Crippen molar-refractivity contribution in [3.63, 3.8) is 0 Å². The molecule has 4 rings (SSSR count). The van der Waals surface area contributed by atoms with Crippen LogP contribution in [0.5, 0.6) is 0 Å². The van der Waals surface area contributed by atoms with Crippen molar-refractivity contribution in [2.75, 3.05) is 18.0 Å². The molecule has 1 aliphatic rings. The van der Waals surface area contributed by atoms with E-state index in [2.05, 4.69) is 25.8 Å². The lowest BCUT2D eigenvalue weighted by Gasteiger charge is -2.26. The highest BCUT2D eigenvalue weighted by Gasteiger charge is 2.32. The van der Waals surface area contributed by atoms with Crippen LogP contribution in [-0.4, -0.2) is 26.5 Å². The Balaban J connectivity index is 1.80. The molecule has 0 bridgehead atoms. The minimum absolute atomic E-state index is 0.00755. The van der Waals surface area contributed by atoms with Crippen LogP contribution in [0.2, 0.25) is 0 Å². The maximum absolute atomic E-state index is 13.5. The highest BCUT2D eigenvalue weighted by Crippen LogP contribution is 2.36. The predicted octanol–water partition coefficient (Wildman–Crippen LogP) is 5.77. The van der Waals surface area contributed by atoms with E-state index in [1.165, 1.54) is 5.56 Å². The van der Waals surface area contributed by atoms with Gasteiger partial charge in [-0.3, -0.25) is 0 Å². The fraction of sp³-hybridized carbons (Fsp3) is 0.400. The normalized spacial score (nSPS) is 15.3. The van der Waals surface area contributed by atoms with E-state index in [9.17, 15) is 8.42 Å². The van der Waals surface area contributed by atoms with Crippen LogP contribution in [0.3, 0.4) is 0 Å². The first-order chi connectivity index (χ1) is 14.7. The van der Waals surface area contributed by atoms with Crippen molar-refractivity contribution in [1.29, 1.82) is 0 Å². The van der Waals surface area contributed by atoms with Crippen molar-refractivity contribution >= 4 is 15.7 Å². The lowest BCUT2D eigenvalue weighted by Crippen LogP contribution is -2.30. The maximum Gasteiger partial charge on any atom is 0.236 e. The van der Waals surface area contributed by atoms with Crippen LogP contribution >= 0.6 is 0 Å². The smallest absolute Gasteiger partial charge is 0.236 e. The molecule has 0 saturated carbocycles. The molecule has 0 atom stereocenters. The molecule has 0 amide bonds. The van der Waals surface area contributed by atoms with Crippen molar-refractivity contribution in [1.82, 2.24) is 4.98 Å². The number of oxazole rings is 1. The predicted molar refractivity (Wildman–Crippen MR) is 123 cm³/mol. The van der Waals surface area contributed by atoms with Crippen molar-refractivity contribution < 1.29 is 12.8 Å². The molecule has 0 spiro atoms. The van der Waals surface area contributed by atoms with E-state index in [1.54, 1.807) is 24.3 Å². The Morgan fingerprint density at radius 1 is 0.903 bits per heavy atom. The number of anilines is 1. The van der Waals surface area contributed by atoms with Gasteiger partial charge in [0.25, 0.3) is 0 Å². The summed E-state index contributed by atoms with van der Waals surface area (Å²) in [4.78, 5) is 6.78. The van der Waals surface area contributed by atoms with E-state index in [4.69, 9.17) is 4.42 Å². The van der Waals surface area contributed by atoms with Gasteiger partial charge >= 0.3 is 0 Å². The second kappa shape index (κ2) is 8.15. The van der Waals surface area contributed by atoms with Crippen molar-refractivity contribution in [3.05, 3.63) is 59.7 Å². The third kappa shape index (κ3) is 4.40. The third-order valence-corrected chi connectivity index (χ3v) is 7.47. The molecule has 1 saturated heterocycles. The van der Waals surface area contributed by atoms with Gasteiger partial charge in [-0.05, 0) is 61.4 Å². The van der Waals surface area contributed by atoms with E-state index in [-0.39, 0.29) is 15.3 Å². The highest BCUT2D eigenvalue weighted by atomic mass is 32.2. The van der Waals surface area contributed by atoms with Gasteiger partial charge in [0.1, 0.15) is 0 Å². The number of hydrogen-bond acceptors (Lipinski definition) is 5. The molecule has 2 heterocycles. The standard InChI is InChI=1S/C25H30N2O3S/c1-18-8-14-21(15-9-18)31(28,29)23-24(27-16-6-5-7-17-27)30-22(26-23)19-10-12-20(13-11-19)25(2,3)4/h8-15H,5-7,16-17H2,1-4H3. The minimum atomic E-state index is -3.80. The molecule has 31 heavy (non-hydrogen) atoms. The van der Waals surface area contributed by atoms with Crippen molar-refractivity contribution in [2.45, 2.75) is 62.3 Å². The van der Waals surface area contributed by atoms with E-state index >= 15 is 0 Å². The van der Waals surface area contributed by atoms with Gasteiger partial charge in [0.2, 0.25) is 26.6 Å². The molecular weight excluding hydrogens is 408 g/mol. The van der Waals surface area contributed by atoms with E-state index < -0.39 is 9.84 Å². The van der Waals surface area contributed by atoms with E-state index in [0.29, 0.717) is 11.8 Å². The van der Waals surface area contributed by atoms with Crippen LogP contribution in [0.15, 0.2) is 62.9 Å². The minimum Gasteiger partial charge on any atom is -0.419 e. The summed E-state index contributed by atoms with van der Waals surface area (Å²) in [6.07, 6.45) is 3.17. The zero-order valence-corrected chi connectivity index (χ0v) is 19.5. The Hall–Kier alpha value is -2.60. The molecule has 6 heteroatoms. The van der Waals surface area contributed by atoms with Gasteiger partial charge in [-0.25, -0.2) is 8.42 Å². The fourth-order valence-electron chi connectivity index (χ4n) is 3.84. The summed E-state index contributed by atoms with van der Waals surface area (Å²) in [5, 5.41) is 0.00755. The quantitative estimate of drug-likeness (QED) is 0.517. The second-order valence-corrected chi connectivity index (χ2v) is 11.2. The number of hydrogen-bond donors (Lipinski definition) is 0. The Labute approximate surface area is 185 Å². The summed E-state index contributed by atoms with van der Waals surface area (Å²) in [6.45, 7) is 9.96. The molecular formula is C25H30N2O3S. The lowest BCUT2D eigenvalue weighted by molar-refractivity contribution is 0.499. The summed E-state index contributed by atoms with van der Waals surface area (Å²) >= 11 is 0. The Bertz CT molecular complexity index is 1150. The van der Waals surface area contributed by atoms with Gasteiger partial charge in [-0.1, -0.05) is 50.6 Å². The van der Waals surface area contributed by atoms with Gasteiger partial charge in [0, 0.05) is 18.7 Å². The number of sulfone groups is 1. The third-order valence-electron chi connectivity index (χ3n) is 5.81. The topological polar surface area (TPSA) is 63.4 Å². The molecule has 1 aromatic heterocycles. The van der Waals surface area contributed by atoms with Crippen LogP contribution in [0.25, 0.3) is 11.5 Å². The molecule has 1 fully saturated rings. The summed E-state index contributed by atoms with van der Waals surface area (Å²) in [5.41, 5.74) is 3.02. The zero-order valence-electron chi connectivity index (χ0n) is 18.7. The molecule has 1 aliphatic heterocycles. The zero-order chi connectivity index (χ0) is 22.2. The number of aryl methyl sites for hydroxylation is 1. The Morgan fingerprint density at radius 2 is 1.52 bits per heavy atom. The van der Waals surface area contributed by atoms with Crippen LogP contribution in [0.1, 0.15) is 51.2 Å². The Morgan fingerprint density at radius 3 is 2.10 bits per heavy atom. The van der Waals surface area contributed by atoms with Gasteiger partial charge in [-0.15, -0.1) is 0 Å².